The molecular formula is C10H19NO2. The van der Waals surface area contributed by atoms with Crippen LogP contribution >= 0.6 is 0 Å². The molecule has 3 heteroatoms. The third kappa shape index (κ3) is 2.03. The van der Waals surface area contributed by atoms with Gasteiger partial charge in [0.05, 0.1) is 13.2 Å². The molecule has 1 saturated carbocycles. The molecule has 13 heavy (non-hydrogen) atoms. The van der Waals surface area contributed by atoms with E-state index in [-0.39, 0.29) is 6.29 Å². The molecule has 76 valence electrons. The summed E-state index contributed by atoms with van der Waals surface area (Å²) in [5, 5.41) is 0. The van der Waals surface area contributed by atoms with Crippen molar-refractivity contribution < 1.29 is 9.47 Å². The van der Waals surface area contributed by atoms with Gasteiger partial charge in [-0.2, -0.15) is 0 Å². The van der Waals surface area contributed by atoms with Gasteiger partial charge < -0.3 is 15.2 Å². The van der Waals surface area contributed by atoms with Crippen molar-refractivity contribution in [3.05, 3.63) is 0 Å². The second-order valence-electron chi connectivity index (χ2n) is 4.35. The lowest BCUT2D eigenvalue weighted by Crippen LogP contribution is -2.45. The van der Waals surface area contributed by atoms with Crippen molar-refractivity contribution in [2.24, 2.45) is 11.1 Å². The Labute approximate surface area is 79.6 Å². The van der Waals surface area contributed by atoms with Crippen LogP contribution in [0.5, 0.6) is 0 Å². The summed E-state index contributed by atoms with van der Waals surface area (Å²) in [6, 6.07) is 0. The molecule has 1 heterocycles. The number of hydrogen-bond donors (Lipinski definition) is 1. The molecule has 0 aromatic rings. The quantitative estimate of drug-likeness (QED) is 0.669. The molecule has 0 atom stereocenters. The Morgan fingerprint density at radius 2 is 1.69 bits per heavy atom. The van der Waals surface area contributed by atoms with Crippen LogP contribution in [0.25, 0.3) is 0 Å². The Kier molecular flexibility index (Phi) is 2.86. The number of rotatable bonds is 1. The van der Waals surface area contributed by atoms with Gasteiger partial charge in [0.25, 0.3) is 0 Å². The summed E-state index contributed by atoms with van der Waals surface area (Å²) < 4.78 is 11.1. The SMILES string of the molecule is NCC1OCC2(CCCCC2)CO1. The average Bonchev–Trinajstić information content (AvgIpc) is 2.20. The van der Waals surface area contributed by atoms with Crippen LogP contribution in [-0.2, 0) is 9.47 Å². The minimum Gasteiger partial charge on any atom is -0.351 e. The Hall–Kier alpha value is -0.120. The van der Waals surface area contributed by atoms with Crippen LogP contribution in [0.3, 0.4) is 0 Å². The van der Waals surface area contributed by atoms with E-state index in [0.29, 0.717) is 12.0 Å². The van der Waals surface area contributed by atoms with Crippen LogP contribution in [0, 0.1) is 5.41 Å². The molecule has 2 N–H and O–H groups in total. The second-order valence-corrected chi connectivity index (χ2v) is 4.35. The molecule has 2 rings (SSSR count). The average molecular weight is 185 g/mol. The summed E-state index contributed by atoms with van der Waals surface area (Å²) in [6.07, 6.45) is 6.43. The summed E-state index contributed by atoms with van der Waals surface area (Å²) >= 11 is 0. The van der Waals surface area contributed by atoms with Gasteiger partial charge in [0.2, 0.25) is 0 Å². The summed E-state index contributed by atoms with van der Waals surface area (Å²) in [5.74, 6) is 0. The highest BCUT2D eigenvalue weighted by molar-refractivity contribution is 4.84. The zero-order valence-electron chi connectivity index (χ0n) is 8.13. The first-order valence-electron chi connectivity index (χ1n) is 5.28. The van der Waals surface area contributed by atoms with E-state index in [1.807, 2.05) is 0 Å². The third-order valence-corrected chi connectivity index (χ3v) is 3.26. The lowest BCUT2D eigenvalue weighted by atomic mass is 9.75. The fourth-order valence-corrected chi connectivity index (χ4v) is 2.36. The normalized spacial score (nSPS) is 29.3. The first kappa shape index (κ1) is 9.44. The molecule has 0 bridgehead atoms. The van der Waals surface area contributed by atoms with Gasteiger partial charge in [-0.05, 0) is 12.8 Å². The highest BCUT2D eigenvalue weighted by atomic mass is 16.7. The number of ether oxygens (including phenoxy) is 2. The van der Waals surface area contributed by atoms with Gasteiger partial charge in [-0.15, -0.1) is 0 Å². The van der Waals surface area contributed by atoms with Crippen molar-refractivity contribution in [1.82, 2.24) is 0 Å². The van der Waals surface area contributed by atoms with Gasteiger partial charge in [-0.3, -0.25) is 0 Å². The zero-order valence-corrected chi connectivity index (χ0v) is 8.13. The topological polar surface area (TPSA) is 44.5 Å². The molecule has 1 saturated heterocycles. The smallest absolute Gasteiger partial charge is 0.169 e. The van der Waals surface area contributed by atoms with E-state index < -0.39 is 0 Å². The van der Waals surface area contributed by atoms with E-state index in [9.17, 15) is 0 Å². The molecule has 2 fully saturated rings. The minimum atomic E-state index is -0.146. The van der Waals surface area contributed by atoms with Crippen LogP contribution in [0.1, 0.15) is 32.1 Å². The lowest BCUT2D eigenvalue weighted by molar-refractivity contribution is -0.230. The van der Waals surface area contributed by atoms with Gasteiger partial charge in [0, 0.05) is 12.0 Å². The molecule has 2 aliphatic rings. The second kappa shape index (κ2) is 3.95. The predicted octanol–water partition coefficient (Wildman–Crippen LogP) is 1.27. The molecule has 0 amide bonds. The van der Waals surface area contributed by atoms with Crippen molar-refractivity contribution in [2.45, 2.75) is 38.4 Å². The van der Waals surface area contributed by atoms with E-state index in [0.717, 1.165) is 13.2 Å². The van der Waals surface area contributed by atoms with Crippen molar-refractivity contribution in [2.75, 3.05) is 19.8 Å². The highest BCUT2D eigenvalue weighted by Gasteiger charge is 2.37. The van der Waals surface area contributed by atoms with Gasteiger partial charge in [-0.25, -0.2) is 0 Å². The fraction of sp³-hybridized carbons (Fsp3) is 1.00. The summed E-state index contributed by atoms with van der Waals surface area (Å²) in [6.45, 7) is 2.19. The van der Waals surface area contributed by atoms with Crippen molar-refractivity contribution in [3.8, 4) is 0 Å². The first-order chi connectivity index (χ1) is 6.35. The Bertz CT molecular complexity index is 156. The monoisotopic (exact) mass is 185 g/mol. The van der Waals surface area contributed by atoms with Gasteiger partial charge in [0.15, 0.2) is 6.29 Å². The van der Waals surface area contributed by atoms with E-state index >= 15 is 0 Å². The minimum absolute atomic E-state index is 0.146. The maximum absolute atomic E-state index is 5.57. The van der Waals surface area contributed by atoms with E-state index in [1.54, 1.807) is 0 Å². The molecule has 1 aliphatic carbocycles. The first-order valence-corrected chi connectivity index (χ1v) is 5.28. The van der Waals surface area contributed by atoms with Crippen LogP contribution in [0.2, 0.25) is 0 Å². The molecule has 0 radical (unpaired) electrons. The highest BCUT2D eigenvalue weighted by Crippen LogP contribution is 2.39. The Morgan fingerprint density at radius 1 is 1.08 bits per heavy atom. The lowest BCUT2D eigenvalue weighted by Gasteiger charge is -2.42. The fourth-order valence-electron chi connectivity index (χ4n) is 2.36. The largest absolute Gasteiger partial charge is 0.351 e. The molecule has 1 spiro atoms. The molecule has 0 aromatic heterocycles. The zero-order chi connectivity index (χ0) is 9.15. The molecule has 3 nitrogen and oxygen atoms in total. The van der Waals surface area contributed by atoms with Crippen LogP contribution in [0.15, 0.2) is 0 Å². The molecular weight excluding hydrogens is 166 g/mol. The molecule has 0 aromatic carbocycles. The van der Waals surface area contributed by atoms with Crippen LogP contribution in [-0.4, -0.2) is 26.0 Å². The number of hydrogen-bond acceptors (Lipinski definition) is 3. The van der Waals surface area contributed by atoms with Gasteiger partial charge >= 0.3 is 0 Å². The molecule has 0 unspecified atom stereocenters. The van der Waals surface area contributed by atoms with E-state index in [4.69, 9.17) is 15.2 Å². The van der Waals surface area contributed by atoms with Crippen molar-refractivity contribution >= 4 is 0 Å². The summed E-state index contributed by atoms with van der Waals surface area (Å²) in [5.41, 5.74) is 5.81. The summed E-state index contributed by atoms with van der Waals surface area (Å²) in [4.78, 5) is 0. The van der Waals surface area contributed by atoms with Crippen molar-refractivity contribution in [3.63, 3.8) is 0 Å². The van der Waals surface area contributed by atoms with E-state index in [1.165, 1.54) is 32.1 Å². The molecule has 1 aliphatic heterocycles. The van der Waals surface area contributed by atoms with Gasteiger partial charge in [-0.1, -0.05) is 19.3 Å². The maximum atomic E-state index is 5.57. The Morgan fingerprint density at radius 3 is 2.23 bits per heavy atom. The maximum Gasteiger partial charge on any atom is 0.169 e. The van der Waals surface area contributed by atoms with Gasteiger partial charge in [0.1, 0.15) is 0 Å². The third-order valence-electron chi connectivity index (χ3n) is 3.26. The van der Waals surface area contributed by atoms with E-state index in [2.05, 4.69) is 0 Å². The summed E-state index contributed by atoms with van der Waals surface area (Å²) in [7, 11) is 0. The van der Waals surface area contributed by atoms with Crippen LogP contribution < -0.4 is 5.73 Å². The van der Waals surface area contributed by atoms with Crippen molar-refractivity contribution in [1.29, 1.82) is 0 Å². The Balaban J connectivity index is 1.87. The standard InChI is InChI=1S/C10H19NO2/c11-6-9-12-7-10(8-13-9)4-2-1-3-5-10/h9H,1-8,11H2. The number of nitrogens with two attached hydrogens (primary N) is 1. The predicted molar refractivity (Wildman–Crippen MR) is 50.3 cm³/mol. The van der Waals surface area contributed by atoms with Crippen LogP contribution in [0.4, 0.5) is 0 Å².